The van der Waals surface area contributed by atoms with Crippen LogP contribution in [0.15, 0.2) is 72.8 Å². The average Bonchev–Trinajstić information content (AvgIpc) is 2.56. The van der Waals surface area contributed by atoms with Crippen LogP contribution >= 0.6 is 0 Å². The van der Waals surface area contributed by atoms with Crippen LogP contribution < -0.4 is 5.32 Å². The number of aromatic nitrogens is 1. The van der Waals surface area contributed by atoms with Crippen LogP contribution in [0.2, 0.25) is 0 Å². The minimum absolute atomic E-state index is 0.229. The first-order valence-corrected chi connectivity index (χ1v) is 7.15. The molecule has 0 amide bonds. The molecule has 3 aromatic carbocycles. The molecule has 0 aliphatic heterocycles. The summed E-state index contributed by atoms with van der Waals surface area (Å²) in [5, 5.41) is 15.5. The number of para-hydroxylation sites is 4. The van der Waals surface area contributed by atoms with Gasteiger partial charge in [-0.1, -0.05) is 48.5 Å². The lowest BCUT2D eigenvalue weighted by Gasteiger charge is -2.14. The number of pyridine rings is 1. The Bertz CT molecular complexity index is 925. The number of phenolic OH excluding ortho intramolecular Hbond substituents is 1. The van der Waals surface area contributed by atoms with Gasteiger partial charge < -0.3 is 10.4 Å². The summed E-state index contributed by atoms with van der Waals surface area (Å²) in [5.41, 5.74) is 3.50. The number of rotatable bonds is 2. The van der Waals surface area contributed by atoms with E-state index in [2.05, 4.69) is 5.32 Å². The van der Waals surface area contributed by atoms with Crippen LogP contribution in [0, 0.1) is 0 Å². The number of hydrogen-bond acceptors (Lipinski definition) is 3. The third-order valence-electron chi connectivity index (χ3n) is 3.75. The molecule has 3 heteroatoms. The van der Waals surface area contributed by atoms with Gasteiger partial charge in [-0.2, -0.15) is 0 Å². The molecule has 0 aliphatic rings. The van der Waals surface area contributed by atoms with Crippen molar-refractivity contribution in [1.82, 2.24) is 4.98 Å². The lowest BCUT2D eigenvalue weighted by Crippen LogP contribution is -1.95. The maximum atomic E-state index is 10.0. The van der Waals surface area contributed by atoms with Crippen molar-refractivity contribution < 1.29 is 5.11 Å². The van der Waals surface area contributed by atoms with Gasteiger partial charge in [-0.25, -0.2) is 4.98 Å². The van der Waals surface area contributed by atoms with Crippen molar-refractivity contribution in [3.05, 3.63) is 72.8 Å². The van der Waals surface area contributed by atoms with Crippen molar-refractivity contribution in [2.45, 2.75) is 0 Å². The molecule has 2 N–H and O–H groups in total. The highest BCUT2D eigenvalue weighted by molar-refractivity contribution is 6.08. The standard InChI is InChI=1S/C19H14N2O/c22-18-12-6-5-11-17(18)21-19-13-7-1-3-9-15(13)20-16-10-4-2-8-14(16)19/h1-12,22H,(H,20,21). The molecule has 4 rings (SSSR count). The van der Waals surface area contributed by atoms with E-state index in [1.54, 1.807) is 6.07 Å². The van der Waals surface area contributed by atoms with E-state index < -0.39 is 0 Å². The number of benzene rings is 3. The second-order valence-corrected chi connectivity index (χ2v) is 5.16. The van der Waals surface area contributed by atoms with E-state index in [1.165, 1.54) is 0 Å². The maximum Gasteiger partial charge on any atom is 0.139 e. The molecular formula is C19H14N2O. The normalized spacial score (nSPS) is 10.9. The van der Waals surface area contributed by atoms with Crippen LogP contribution in [-0.4, -0.2) is 10.1 Å². The molecule has 0 aliphatic carbocycles. The van der Waals surface area contributed by atoms with Gasteiger partial charge in [0.15, 0.2) is 0 Å². The van der Waals surface area contributed by atoms with Gasteiger partial charge in [-0.05, 0) is 24.3 Å². The molecule has 0 saturated carbocycles. The number of nitrogens with one attached hydrogen (secondary N) is 1. The number of phenols is 1. The van der Waals surface area contributed by atoms with Gasteiger partial charge in [-0.15, -0.1) is 0 Å². The lowest BCUT2D eigenvalue weighted by atomic mass is 10.1. The van der Waals surface area contributed by atoms with Crippen molar-refractivity contribution >= 4 is 33.2 Å². The summed E-state index contributed by atoms with van der Waals surface area (Å²) in [4.78, 5) is 4.70. The Hall–Kier alpha value is -3.07. The number of aromatic hydroxyl groups is 1. The second-order valence-electron chi connectivity index (χ2n) is 5.16. The van der Waals surface area contributed by atoms with Gasteiger partial charge in [-0.3, -0.25) is 0 Å². The lowest BCUT2D eigenvalue weighted by molar-refractivity contribution is 0.478. The Balaban J connectivity index is 2.02. The van der Waals surface area contributed by atoms with Crippen molar-refractivity contribution in [3.8, 4) is 5.75 Å². The zero-order valence-electron chi connectivity index (χ0n) is 11.8. The predicted molar refractivity (Wildman–Crippen MR) is 90.6 cm³/mol. The SMILES string of the molecule is Oc1ccccc1Nc1c2ccccc2nc2ccccc12. The molecule has 0 fully saturated rings. The first-order valence-electron chi connectivity index (χ1n) is 7.15. The maximum absolute atomic E-state index is 10.0. The Morgan fingerprint density at radius 3 is 1.86 bits per heavy atom. The fourth-order valence-corrected chi connectivity index (χ4v) is 2.69. The Labute approximate surface area is 127 Å². The summed E-state index contributed by atoms with van der Waals surface area (Å²) < 4.78 is 0. The van der Waals surface area contributed by atoms with Gasteiger partial charge >= 0.3 is 0 Å². The smallest absolute Gasteiger partial charge is 0.139 e. The van der Waals surface area contributed by atoms with Crippen LogP contribution in [-0.2, 0) is 0 Å². The zero-order chi connectivity index (χ0) is 14.9. The summed E-state index contributed by atoms with van der Waals surface area (Å²) in [5.74, 6) is 0.229. The molecule has 106 valence electrons. The fraction of sp³-hybridized carbons (Fsp3) is 0. The highest BCUT2D eigenvalue weighted by atomic mass is 16.3. The van der Waals surface area contributed by atoms with E-state index in [-0.39, 0.29) is 5.75 Å². The molecular weight excluding hydrogens is 272 g/mol. The number of hydrogen-bond donors (Lipinski definition) is 2. The third-order valence-corrected chi connectivity index (χ3v) is 3.75. The van der Waals surface area contributed by atoms with E-state index in [9.17, 15) is 5.11 Å². The molecule has 0 bridgehead atoms. The van der Waals surface area contributed by atoms with Crippen LogP contribution in [0.5, 0.6) is 5.75 Å². The summed E-state index contributed by atoms with van der Waals surface area (Å²) in [7, 11) is 0. The Kier molecular flexibility index (Phi) is 2.90. The highest BCUT2D eigenvalue weighted by Crippen LogP contribution is 2.35. The van der Waals surface area contributed by atoms with Crippen LogP contribution in [0.1, 0.15) is 0 Å². The second kappa shape index (κ2) is 5.04. The average molecular weight is 286 g/mol. The van der Waals surface area contributed by atoms with Gasteiger partial charge in [0, 0.05) is 10.8 Å². The largest absolute Gasteiger partial charge is 0.506 e. The first kappa shape index (κ1) is 12.7. The molecule has 22 heavy (non-hydrogen) atoms. The molecule has 1 heterocycles. The topological polar surface area (TPSA) is 45.1 Å². The van der Waals surface area contributed by atoms with Crippen LogP contribution in [0.25, 0.3) is 21.8 Å². The summed E-state index contributed by atoms with van der Waals surface area (Å²) in [6.07, 6.45) is 0. The fourth-order valence-electron chi connectivity index (χ4n) is 2.69. The highest BCUT2D eigenvalue weighted by Gasteiger charge is 2.10. The zero-order valence-corrected chi connectivity index (χ0v) is 11.8. The summed E-state index contributed by atoms with van der Waals surface area (Å²) >= 11 is 0. The first-order chi connectivity index (χ1) is 10.8. The third kappa shape index (κ3) is 2.04. The summed E-state index contributed by atoms with van der Waals surface area (Å²) in [6, 6.07) is 23.3. The van der Waals surface area contributed by atoms with E-state index in [0.717, 1.165) is 27.5 Å². The molecule has 0 unspecified atom stereocenters. The van der Waals surface area contributed by atoms with E-state index in [1.807, 2.05) is 66.7 Å². The Morgan fingerprint density at radius 1 is 0.682 bits per heavy atom. The van der Waals surface area contributed by atoms with Gasteiger partial charge in [0.2, 0.25) is 0 Å². The van der Waals surface area contributed by atoms with Crippen molar-refractivity contribution in [2.75, 3.05) is 5.32 Å². The van der Waals surface area contributed by atoms with Crippen molar-refractivity contribution in [1.29, 1.82) is 0 Å². The van der Waals surface area contributed by atoms with E-state index in [4.69, 9.17) is 4.98 Å². The number of nitrogens with zero attached hydrogens (tertiary/aromatic N) is 1. The number of fused-ring (bicyclic) bond motifs is 2. The monoisotopic (exact) mass is 286 g/mol. The van der Waals surface area contributed by atoms with Gasteiger partial charge in [0.05, 0.1) is 22.4 Å². The minimum Gasteiger partial charge on any atom is -0.506 e. The summed E-state index contributed by atoms with van der Waals surface area (Å²) in [6.45, 7) is 0. The van der Waals surface area contributed by atoms with Gasteiger partial charge in [0.1, 0.15) is 5.75 Å². The number of anilines is 2. The molecule has 0 saturated heterocycles. The molecule has 0 atom stereocenters. The molecule has 0 radical (unpaired) electrons. The molecule has 0 spiro atoms. The van der Waals surface area contributed by atoms with Crippen molar-refractivity contribution in [2.24, 2.45) is 0 Å². The molecule has 3 nitrogen and oxygen atoms in total. The van der Waals surface area contributed by atoms with E-state index in [0.29, 0.717) is 5.69 Å². The van der Waals surface area contributed by atoms with E-state index >= 15 is 0 Å². The predicted octanol–water partition coefficient (Wildman–Crippen LogP) is 4.84. The van der Waals surface area contributed by atoms with Gasteiger partial charge in [0.25, 0.3) is 0 Å². The minimum atomic E-state index is 0.229. The van der Waals surface area contributed by atoms with Crippen LogP contribution in [0.4, 0.5) is 11.4 Å². The van der Waals surface area contributed by atoms with Crippen LogP contribution in [0.3, 0.4) is 0 Å². The Morgan fingerprint density at radius 2 is 1.23 bits per heavy atom. The molecule has 4 aromatic rings. The quantitative estimate of drug-likeness (QED) is 0.409. The molecule has 1 aromatic heterocycles. The van der Waals surface area contributed by atoms with Crippen molar-refractivity contribution in [3.63, 3.8) is 0 Å².